The highest BCUT2D eigenvalue weighted by atomic mass is 32.2. The average molecular weight is 399 g/mol. The van der Waals surface area contributed by atoms with Gasteiger partial charge in [-0.25, -0.2) is 8.42 Å². The molecule has 0 radical (unpaired) electrons. The number of fused-ring (bicyclic) bond motifs is 1. The maximum absolute atomic E-state index is 13.1. The fourth-order valence-electron chi connectivity index (χ4n) is 3.89. The zero-order chi connectivity index (χ0) is 19.9. The van der Waals surface area contributed by atoms with Crippen molar-refractivity contribution in [2.75, 3.05) is 19.6 Å². The molecule has 1 amide bonds. The average Bonchev–Trinajstić information content (AvgIpc) is 3.36. The topological polar surface area (TPSA) is 99.3 Å². The van der Waals surface area contributed by atoms with E-state index in [1.165, 1.54) is 16.4 Å². The number of aromatic nitrogens is 2. The molecular formula is C19H21N5O3S. The maximum atomic E-state index is 13.1. The lowest BCUT2D eigenvalue weighted by molar-refractivity contribution is 0.0784. The third kappa shape index (κ3) is 3.08. The Bertz CT molecular complexity index is 1080. The first kappa shape index (κ1) is 18.7. The molecule has 1 aromatic heterocycles. The quantitative estimate of drug-likeness (QED) is 0.774. The van der Waals surface area contributed by atoms with Gasteiger partial charge < -0.3 is 4.90 Å². The van der Waals surface area contributed by atoms with Crippen LogP contribution in [-0.2, 0) is 30.0 Å². The highest BCUT2D eigenvalue weighted by Crippen LogP contribution is 2.28. The van der Waals surface area contributed by atoms with Gasteiger partial charge in [0.2, 0.25) is 10.0 Å². The highest BCUT2D eigenvalue weighted by Gasteiger charge is 2.35. The number of nitrogens with zero attached hydrogens (tertiary/aromatic N) is 5. The largest absolute Gasteiger partial charge is 0.337 e. The molecule has 2 aliphatic rings. The zero-order valence-corrected chi connectivity index (χ0v) is 16.4. The molecule has 1 fully saturated rings. The molecule has 2 aromatic rings. The molecule has 1 saturated heterocycles. The molecule has 0 N–H and O–H groups in total. The summed E-state index contributed by atoms with van der Waals surface area (Å²) in [7, 11) is -1.98. The van der Waals surface area contributed by atoms with Gasteiger partial charge in [-0.15, -0.1) is 0 Å². The molecule has 0 spiro atoms. The second kappa shape index (κ2) is 7.04. The Kier molecular flexibility index (Phi) is 4.69. The normalized spacial score (nSPS) is 17.4. The molecule has 0 saturated carbocycles. The van der Waals surface area contributed by atoms with E-state index >= 15 is 0 Å². The van der Waals surface area contributed by atoms with E-state index in [0.717, 1.165) is 18.5 Å². The van der Waals surface area contributed by atoms with Gasteiger partial charge in [0.1, 0.15) is 0 Å². The highest BCUT2D eigenvalue weighted by molar-refractivity contribution is 7.89. The number of hydrogen-bond acceptors (Lipinski definition) is 5. The van der Waals surface area contributed by atoms with Crippen LogP contribution in [0.4, 0.5) is 0 Å². The predicted molar refractivity (Wildman–Crippen MR) is 101 cm³/mol. The van der Waals surface area contributed by atoms with Gasteiger partial charge >= 0.3 is 0 Å². The number of benzene rings is 1. The molecule has 4 rings (SSSR count). The lowest BCUT2D eigenvalue weighted by Crippen LogP contribution is -2.37. The van der Waals surface area contributed by atoms with Crippen molar-refractivity contribution in [1.82, 2.24) is 19.0 Å². The van der Waals surface area contributed by atoms with E-state index in [-0.39, 0.29) is 17.3 Å². The number of amides is 1. The zero-order valence-electron chi connectivity index (χ0n) is 15.6. The van der Waals surface area contributed by atoms with E-state index in [1.54, 1.807) is 28.8 Å². The van der Waals surface area contributed by atoms with Gasteiger partial charge in [-0.2, -0.15) is 14.7 Å². The van der Waals surface area contributed by atoms with Gasteiger partial charge in [0.05, 0.1) is 16.5 Å². The predicted octanol–water partition coefficient (Wildman–Crippen LogP) is 1.27. The molecule has 2 aliphatic heterocycles. The van der Waals surface area contributed by atoms with Crippen molar-refractivity contribution in [3.8, 4) is 6.07 Å². The minimum Gasteiger partial charge on any atom is -0.337 e. The Balaban J connectivity index is 1.67. The number of rotatable bonds is 3. The monoisotopic (exact) mass is 399 g/mol. The molecule has 3 heterocycles. The van der Waals surface area contributed by atoms with Crippen LogP contribution in [0, 0.1) is 11.3 Å². The number of sulfonamides is 1. The first-order valence-electron chi connectivity index (χ1n) is 9.26. The first-order chi connectivity index (χ1) is 13.4. The summed E-state index contributed by atoms with van der Waals surface area (Å²) in [4.78, 5) is 14.8. The summed E-state index contributed by atoms with van der Waals surface area (Å²) in [6.07, 6.45) is 2.45. The lowest BCUT2D eigenvalue weighted by atomic mass is 10.1. The van der Waals surface area contributed by atoms with Crippen molar-refractivity contribution >= 4 is 15.9 Å². The van der Waals surface area contributed by atoms with Crippen LogP contribution < -0.4 is 0 Å². The summed E-state index contributed by atoms with van der Waals surface area (Å²) >= 11 is 0. The second-order valence-electron chi connectivity index (χ2n) is 7.12. The van der Waals surface area contributed by atoms with Gasteiger partial charge in [0.15, 0.2) is 5.69 Å². The summed E-state index contributed by atoms with van der Waals surface area (Å²) in [5.74, 6) is -0.125. The summed E-state index contributed by atoms with van der Waals surface area (Å²) < 4.78 is 29.3. The van der Waals surface area contributed by atoms with Crippen molar-refractivity contribution in [1.29, 1.82) is 5.26 Å². The van der Waals surface area contributed by atoms with Crippen molar-refractivity contribution in [3.63, 3.8) is 0 Å². The number of nitriles is 1. The van der Waals surface area contributed by atoms with E-state index in [1.807, 2.05) is 6.07 Å². The second-order valence-corrected chi connectivity index (χ2v) is 9.06. The summed E-state index contributed by atoms with van der Waals surface area (Å²) in [5.41, 5.74) is 2.24. The van der Waals surface area contributed by atoms with Gasteiger partial charge in [-0.05, 0) is 31.0 Å². The van der Waals surface area contributed by atoms with Crippen LogP contribution in [0.5, 0.6) is 0 Å². The van der Waals surface area contributed by atoms with Gasteiger partial charge in [0, 0.05) is 50.9 Å². The number of carbonyl (C=O) groups is 1. The summed E-state index contributed by atoms with van der Waals surface area (Å²) in [5, 5.41) is 13.5. The van der Waals surface area contributed by atoms with E-state index in [0.29, 0.717) is 42.9 Å². The summed E-state index contributed by atoms with van der Waals surface area (Å²) in [6.45, 7) is 1.85. The van der Waals surface area contributed by atoms with Crippen LogP contribution in [-0.4, -0.2) is 52.9 Å². The number of carbonyl (C=O) groups excluding carboxylic acids is 1. The number of aryl methyl sites for hydroxylation is 1. The fraction of sp³-hybridized carbons (Fsp3) is 0.421. The van der Waals surface area contributed by atoms with Crippen LogP contribution in [0.25, 0.3) is 0 Å². The van der Waals surface area contributed by atoms with Crippen LogP contribution in [0.15, 0.2) is 29.2 Å². The smallest absolute Gasteiger partial charge is 0.274 e. The fourth-order valence-corrected chi connectivity index (χ4v) is 5.34. The van der Waals surface area contributed by atoms with Crippen molar-refractivity contribution in [2.24, 2.45) is 7.05 Å². The molecule has 1 aromatic carbocycles. The molecule has 0 atom stereocenters. The van der Waals surface area contributed by atoms with Gasteiger partial charge in [-0.3, -0.25) is 9.48 Å². The minimum atomic E-state index is -3.77. The molecule has 146 valence electrons. The number of likely N-dealkylation sites (tertiary alicyclic amines) is 1. The summed E-state index contributed by atoms with van der Waals surface area (Å²) in [6, 6.07) is 7.97. The minimum absolute atomic E-state index is 0.0892. The first-order valence-corrected chi connectivity index (χ1v) is 10.7. The maximum Gasteiger partial charge on any atom is 0.274 e. The number of hydrogen-bond donors (Lipinski definition) is 0. The Morgan fingerprint density at radius 1 is 1.21 bits per heavy atom. The Hall–Kier alpha value is -2.70. The Labute approximate surface area is 164 Å². The van der Waals surface area contributed by atoms with Crippen molar-refractivity contribution < 1.29 is 13.2 Å². The standard InChI is InChI=1S/C19H21N5O3S/c1-22-17-7-10-24(28(26,27)15-6-4-5-14(11-15)12-20)13-16(17)18(21-22)19(25)23-8-2-3-9-23/h4-6,11H,2-3,7-10,13H2,1H3. The molecule has 28 heavy (non-hydrogen) atoms. The van der Waals surface area contributed by atoms with Crippen molar-refractivity contribution in [2.45, 2.75) is 30.7 Å². The molecule has 8 nitrogen and oxygen atoms in total. The SMILES string of the molecule is Cn1nc(C(=O)N2CCCC2)c2c1CCN(S(=O)(=O)c1cccc(C#N)c1)C2. The Morgan fingerprint density at radius 3 is 2.68 bits per heavy atom. The van der Waals surface area contributed by atoms with Crippen LogP contribution in [0.3, 0.4) is 0 Å². The molecule has 0 unspecified atom stereocenters. The molecule has 0 bridgehead atoms. The van der Waals surface area contributed by atoms with Crippen LogP contribution in [0.1, 0.15) is 40.2 Å². The third-order valence-corrected chi connectivity index (χ3v) is 7.25. The van der Waals surface area contributed by atoms with Gasteiger partial charge in [-0.1, -0.05) is 6.07 Å². The Morgan fingerprint density at radius 2 is 1.96 bits per heavy atom. The van der Waals surface area contributed by atoms with E-state index in [9.17, 15) is 13.2 Å². The third-order valence-electron chi connectivity index (χ3n) is 5.40. The van der Waals surface area contributed by atoms with Crippen LogP contribution >= 0.6 is 0 Å². The van der Waals surface area contributed by atoms with Crippen molar-refractivity contribution in [3.05, 3.63) is 46.8 Å². The molecule has 0 aliphatic carbocycles. The van der Waals surface area contributed by atoms with E-state index in [2.05, 4.69) is 5.10 Å². The lowest BCUT2D eigenvalue weighted by Gasteiger charge is -2.27. The van der Waals surface area contributed by atoms with E-state index in [4.69, 9.17) is 5.26 Å². The molecular weight excluding hydrogens is 378 g/mol. The van der Waals surface area contributed by atoms with E-state index < -0.39 is 10.0 Å². The van der Waals surface area contributed by atoms with Gasteiger partial charge in [0.25, 0.3) is 5.91 Å². The van der Waals surface area contributed by atoms with Crippen LogP contribution in [0.2, 0.25) is 0 Å². The molecule has 9 heteroatoms.